The van der Waals surface area contributed by atoms with E-state index in [2.05, 4.69) is 21.4 Å². The van der Waals surface area contributed by atoms with Crippen molar-refractivity contribution in [1.82, 2.24) is 19.5 Å². The molecule has 0 spiro atoms. The molecule has 8 heteroatoms. The topological polar surface area (TPSA) is 72.3 Å². The maximum absolute atomic E-state index is 13.4. The number of rotatable bonds is 6. The second-order valence-electron chi connectivity index (χ2n) is 9.28. The van der Waals surface area contributed by atoms with Crippen LogP contribution in [-0.2, 0) is 24.3 Å². The fourth-order valence-corrected chi connectivity index (χ4v) is 4.44. The Balaban J connectivity index is 1.62. The highest BCUT2D eigenvalue weighted by Gasteiger charge is 2.29. The highest BCUT2D eigenvalue weighted by molar-refractivity contribution is 5.75. The molecule has 1 unspecified atom stereocenters. The van der Waals surface area contributed by atoms with E-state index in [1.807, 2.05) is 39.1 Å². The van der Waals surface area contributed by atoms with Crippen LogP contribution in [0.4, 0.5) is 4.39 Å². The third kappa shape index (κ3) is 5.66. The molecule has 4 rings (SSSR count). The lowest BCUT2D eigenvalue weighted by Gasteiger charge is -2.38. The SMILES string of the molecule is COCc1cc(=O)n2c(n1)C=C(C)C(N1CCc3ncc(/C(C=C(C)C)=C/C=C(\C)F)cc3C1)N2. The minimum absolute atomic E-state index is 0.142. The van der Waals surface area contributed by atoms with Gasteiger partial charge in [0.15, 0.2) is 5.82 Å². The predicted octanol–water partition coefficient (Wildman–Crippen LogP) is 4.35. The van der Waals surface area contributed by atoms with Crippen LogP contribution in [0, 0.1) is 0 Å². The van der Waals surface area contributed by atoms with Gasteiger partial charge in [0.2, 0.25) is 0 Å². The molecule has 0 aromatic carbocycles. The quantitative estimate of drug-likeness (QED) is 0.624. The zero-order valence-electron chi connectivity index (χ0n) is 20.9. The molecule has 2 aromatic rings. The van der Waals surface area contributed by atoms with E-state index in [0.29, 0.717) is 24.7 Å². The number of allylic oxidation sites excluding steroid dienone is 6. The van der Waals surface area contributed by atoms with Crippen molar-refractivity contribution in [3.63, 3.8) is 0 Å². The number of hydrogen-bond donors (Lipinski definition) is 1. The van der Waals surface area contributed by atoms with Gasteiger partial charge in [0.1, 0.15) is 6.17 Å². The second-order valence-corrected chi connectivity index (χ2v) is 9.28. The van der Waals surface area contributed by atoms with E-state index in [-0.39, 0.29) is 17.6 Å². The lowest BCUT2D eigenvalue weighted by molar-refractivity contribution is 0.180. The summed E-state index contributed by atoms with van der Waals surface area (Å²) in [4.78, 5) is 24.3. The number of halogens is 1. The first-order valence-corrected chi connectivity index (χ1v) is 11.7. The normalized spacial score (nSPS) is 18.3. The van der Waals surface area contributed by atoms with E-state index in [1.165, 1.54) is 23.7 Å². The van der Waals surface area contributed by atoms with Crippen molar-refractivity contribution in [3.05, 3.63) is 92.2 Å². The summed E-state index contributed by atoms with van der Waals surface area (Å²) in [5.41, 5.74) is 10.1. The summed E-state index contributed by atoms with van der Waals surface area (Å²) in [5.74, 6) is 0.333. The summed E-state index contributed by atoms with van der Waals surface area (Å²) in [7, 11) is 1.58. The molecule has 184 valence electrons. The van der Waals surface area contributed by atoms with E-state index < -0.39 is 0 Å². The van der Waals surface area contributed by atoms with E-state index in [4.69, 9.17) is 9.72 Å². The van der Waals surface area contributed by atoms with Gasteiger partial charge in [-0.15, -0.1) is 0 Å². The number of pyridine rings is 1. The van der Waals surface area contributed by atoms with Crippen LogP contribution in [0.25, 0.3) is 11.6 Å². The largest absolute Gasteiger partial charge is 0.378 e. The Kier molecular flexibility index (Phi) is 7.42. The minimum Gasteiger partial charge on any atom is -0.378 e. The number of nitrogens with zero attached hydrogens (tertiary/aromatic N) is 4. The summed E-state index contributed by atoms with van der Waals surface area (Å²) in [6, 6.07) is 3.64. The number of ether oxygens (including phenoxy) is 1. The van der Waals surface area contributed by atoms with Gasteiger partial charge < -0.3 is 4.74 Å². The first-order chi connectivity index (χ1) is 16.7. The Hall–Kier alpha value is -3.36. The molecular weight excluding hydrogens is 445 g/mol. The maximum Gasteiger partial charge on any atom is 0.272 e. The summed E-state index contributed by atoms with van der Waals surface area (Å²) < 4.78 is 20.0. The molecule has 1 N–H and O–H groups in total. The first kappa shape index (κ1) is 24.8. The zero-order valence-corrected chi connectivity index (χ0v) is 20.9. The Morgan fingerprint density at radius 2 is 2.09 bits per heavy atom. The molecule has 35 heavy (non-hydrogen) atoms. The molecule has 2 aromatic heterocycles. The van der Waals surface area contributed by atoms with Crippen LogP contribution >= 0.6 is 0 Å². The molecule has 0 saturated carbocycles. The molecule has 0 amide bonds. The zero-order chi connectivity index (χ0) is 25.1. The maximum atomic E-state index is 13.4. The number of nitrogens with one attached hydrogen (secondary N) is 1. The van der Waals surface area contributed by atoms with Crippen molar-refractivity contribution in [2.75, 3.05) is 19.1 Å². The van der Waals surface area contributed by atoms with E-state index in [9.17, 15) is 9.18 Å². The van der Waals surface area contributed by atoms with Gasteiger partial charge in [-0.3, -0.25) is 20.1 Å². The molecule has 0 saturated heterocycles. The molecule has 1 atom stereocenters. The van der Waals surface area contributed by atoms with Gasteiger partial charge >= 0.3 is 0 Å². The molecule has 2 aliphatic heterocycles. The lowest BCUT2D eigenvalue weighted by Crippen LogP contribution is -2.51. The average molecular weight is 478 g/mol. The van der Waals surface area contributed by atoms with Gasteiger partial charge in [-0.1, -0.05) is 17.7 Å². The van der Waals surface area contributed by atoms with Crippen LogP contribution in [0.3, 0.4) is 0 Å². The predicted molar refractivity (Wildman–Crippen MR) is 137 cm³/mol. The number of methoxy groups -OCH3 is 1. The third-order valence-electron chi connectivity index (χ3n) is 6.03. The summed E-state index contributed by atoms with van der Waals surface area (Å²) in [6.07, 6.45) is 9.78. The smallest absolute Gasteiger partial charge is 0.272 e. The van der Waals surface area contributed by atoms with Gasteiger partial charge in [-0.25, -0.2) is 14.1 Å². The molecule has 2 aliphatic rings. The minimum atomic E-state index is -0.244. The Labute approximate surface area is 205 Å². The van der Waals surface area contributed by atoms with Crippen LogP contribution in [0.2, 0.25) is 0 Å². The molecule has 0 fully saturated rings. The molecular formula is C27H32FN5O2. The summed E-state index contributed by atoms with van der Waals surface area (Å²) >= 11 is 0. The van der Waals surface area contributed by atoms with Gasteiger partial charge in [0.05, 0.1) is 18.1 Å². The van der Waals surface area contributed by atoms with Crippen LogP contribution in [0.15, 0.2) is 58.3 Å². The molecule has 7 nitrogen and oxygen atoms in total. The van der Waals surface area contributed by atoms with Crippen molar-refractivity contribution in [3.8, 4) is 0 Å². The fraction of sp³-hybridized carbons (Fsp3) is 0.370. The summed E-state index contributed by atoms with van der Waals surface area (Å²) in [6.45, 7) is 9.29. The third-order valence-corrected chi connectivity index (χ3v) is 6.03. The van der Waals surface area contributed by atoms with Gasteiger partial charge in [0, 0.05) is 50.1 Å². The number of hydrogen-bond acceptors (Lipinski definition) is 6. The monoisotopic (exact) mass is 477 g/mol. The fourth-order valence-electron chi connectivity index (χ4n) is 4.44. The highest BCUT2D eigenvalue weighted by Crippen LogP contribution is 2.27. The van der Waals surface area contributed by atoms with Gasteiger partial charge in [0.25, 0.3) is 5.56 Å². The van der Waals surface area contributed by atoms with Gasteiger partial charge in [-0.2, -0.15) is 0 Å². The second kappa shape index (κ2) is 10.5. The van der Waals surface area contributed by atoms with Crippen LogP contribution in [0.1, 0.15) is 56.0 Å². The van der Waals surface area contributed by atoms with Crippen molar-refractivity contribution in [2.45, 2.75) is 53.4 Å². The molecule has 0 radical (unpaired) electrons. The van der Waals surface area contributed by atoms with E-state index >= 15 is 0 Å². The molecule has 0 aliphatic carbocycles. The van der Waals surface area contributed by atoms with E-state index in [1.54, 1.807) is 13.2 Å². The molecule has 4 heterocycles. The van der Waals surface area contributed by atoms with Crippen LogP contribution in [-0.4, -0.2) is 39.4 Å². The van der Waals surface area contributed by atoms with Crippen molar-refractivity contribution in [2.24, 2.45) is 0 Å². The van der Waals surface area contributed by atoms with Crippen molar-refractivity contribution < 1.29 is 9.13 Å². The first-order valence-electron chi connectivity index (χ1n) is 11.7. The van der Waals surface area contributed by atoms with E-state index in [0.717, 1.165) is 46.5 Å². The van der Waals surface area contributed by atoms with Crippen molar-refractivity contribution >= 4 is 11.6 Å². The summed E-state index contributed by atoms with van der Waals surface area (Å²) in [5, 5.41) is 0. The van der Waals surface area contributed by atoms with Crippen LogP contribution < -0.4 is 11.0 Å². The number of aromatic nitrogens is 3. The van der Waals surface area contributed by atoms with Crippen molar-refractivity contribution in [1.29, 1.82) is 0 Å². The Morgan fingerprint density at radius 3 is 2.80 bits per heavy atom. The highest BCUT2D eigenvalue weighted by atomic mass is 19.1. The standard InChI is InChI=1S/C27H32FN5O2/c1-17(2)10-20(7-6-19(4)28)21-12-22-15-32(9-8-24(22)29-14-21)27-18(3)11-25-30-23(16-35-5)13-26(34)33(25)31-27/h6-7,10-14,27,31H,8-9,15-16H2,1-5H3/b19-6+,20-7+. The Morgan fingerprint density at radius 1 is 1.29 bits per heavy atom. The Bertz CT molecular complexity index is 1300. The average Bonchev–Trinajstić information content (AvgIpc) is 2.80. The van der Waals surface area contributed by atoms with Crippen LogP contribution in [0.5, 0.6) is 0 Å². The molecule has 0 bridgehead atoms. The number of fused-ring (bicyclic) bond motifs is 2. The van der Waals surface area contributed by atoms with Gasteiger partial charge in [-0.05, 0) is 62.6 Å². The lowest BCUT2D eigenvalue weighted by atomic mass is 9.98.